The maximum Gasteiger partial charge on any atom is 0.329 e. The second-order valence-electron chi connectivity index (χ2n) is 5.26. The van der Waals surface area contributed by atoms with Gasteiger partial charge in [-0.05, 0) is 26.2 Å². The van der Waals surface area contributed by atoms with E-state index in [1.165, 1.54) is 0 Å². The number of carbonyl (C=O) groups is 2. The summed E-state index contributed by atoms with van der Waals surface area (Å²) >= 11 is 0. The summed E-state index contributed by atoms with van der Waals surface area (Å²) in [6, 6.07) is -0.353. The molecule has 19 heavy (non-hydrogen) atoms. The second kappa shape index (κ2) is 6.23. The maximum atomic E-state index is 12.1. The Morgan fingerprint density at radius 1 is 1.42 bits per heavy atom. The molecule has 2 amide bonds. The summed E-state index contributed by atoms with van der Waals surface area (Å²) < 4.78 is 0. The molecule has 3 N–H and O–H groups in total. The SMILES string of the molecule is CCC(CC)(NC(=O)N1CCC(C(C)O)C1)C(=O)O. The van der Waals surface area contributed by atoms with Crippen LogP contribution in [0, 0.1) is 5.92 Å². The Hall–Kier alpha value is -1.30. The summed E-state index contributed by atoms with van der Waals surface area (Å²) in [4.78, 5) is 25.0. The fourth-order valence-electron chi connectivity index (χ4n) is 2.43. The Labute approximate surface area is 113 Å². The first-order valence-corrected chi connectivity index (χ1v) is 6.84. The zero-order valence-electron chi connectivity index (χ0n) is 11.8. The first-order valence-electron chi connectivity index (χ1n) is 6.84. The molecule has 0 aromatic heterocycles. The van der Waals surface area contributed by atoms with Crippen molar-refractivity contribution in [2.75, 3.05) is 13.1 Å². The minimum atomic E-state index is -1.19. The first-order chi connectivity index (χ1) is 8.86. The molecule has 0 saturated carbocycles. The Kier molecular flexibility index (Phi) is 5.17. The van der Waals surface area contributed by atoms with Gasteiger partial charge in [0.15, 0.2) is 0 Å². The van der Waals surface area contributed by atoms with Crippen LogP contribution >= 0.6 is 0 Å². The van der Waals surface area contributed by atoms with Crippen molar-refractivity contribution in [3.63, 3.8) is 0 Å². The number of urea groups is 1. The first kappa shape index (κ1) is 15.8. The summed E-state index contributed by atoms with van der Waals surface area (Å²) in [5.74, 6) is -0.926. The number of aliphatic hydroxyl groups excluding tert-OH is 1. The summed E-state index contributed by atoms with van der Waals surface area (Å²) in [5.41, 5.74) is -1.19. The van der Waals surface area contributed by atoms with E-state index in [9.17, 15) is 19.8 Å². The molecule has 110 valence electrons. The Bertz CT molecular complexity index is 340. The largest absolute Gasteiger partial charge is 0.480 e. The van der Waals surface area contributed by atoms with Crippen LogP contribution in [0.2, 0.25) is 0 Å². The van der Waals surface area contributed by atoms with Crippen LogP contribution < -0.4 is 5.32 Å². The van der Waals surface area contributed by atoms with Gasteiger partial charge in [-0.15, -0.1) is 0 Å². The predicted molar refractivity (Wildman–Crippen MR) is 70.8 cm³/mol. The number of nitrogens with zero attached hydrogens (tertiary/aromatic N) is 1. The number of carbonyl (C=O) groups excluding carboxylic acids is 1. The number of aliphatic hydroxyl groups is 1. The molecule has 1 aliphatic rings. The van der Waals surface area contributed by atoms with Gasteiger partial charge in [-0.1, -0.05) is 13.8 Å². The van der Waals surface area contributed by atoms with Crippen LogP contribution in [0.15, 0.2) is 0 Å². The van der Waals surface area contributed by atoms with Crippen molar-refractivity contribution in [2.45, 2.75) is 51.7 Å². The summed E-state index contributed by atoms with van der Waals surface area (Å²) in [6.07, 6.45) is 0.999. The molecule has 0 aliphatic carbocycles. The van der Waals surface area contributed by atoms with E-state index in [1.807, 2.05) is 0 Å². The third kappa shape index (κ3) is 3.37. The van der Waals surface area contributed by atoms with Crippen molar-refractivity contribution >= 4 is 12.0 Å². The van der Waals surface area contributed by atoms with Gasteiger partial charge in [0.2, 0.25) is 0 Å². The molecule has 1 heterocycles. The molecule has 1 aliphatic heterocycles. The van der Waals surface area contributed by atoms with E-state index in [-0.39, 0.29) is 11.9 Å². The van der Waals surface area contributed by atoms with Crippen LogP contribution in [-0.2, 0) is 4.79 Å². The summed E-state index contributed by atoms with van der Waals surface area (Å²) in [5, 5.41) is 21.4. The molecule has 0 bridgehead atoms. The van der Waals surface area contributed by atoms with Crippen LogP contribution in [0.25, 0.3) is 0 Å². The molecule has 1 saturated heterocycles. The van der Waals surface area contributed by atoms with E-state index >= 15 is 0 Å². The van der Waals surface area contributed by atoms with Crippen molar-refractivity contribution in [3.05, 3.63) is 0 Å². The fourth-order valence-corrected chi connectivity index (χ4v) is 2.43. The average molecular weight is 272 g/mol. The molecule has 6 nitrogen and oxygen atoms in total. The number of carboxylic acids is 1. The second-order valence-corrected chi connectivity index (χ2v) is 5.26. The molecule has 0 aromatic carbocycles. The molecule has 6 heteroatoms. The van der Waals surface area contributed by atoms with Gasteiger partial charge in [-0.3, -0.25) is 0 Å². The van der Waals surface area contributed by atoms with Crippen LogP contribution in [0.5, 0.6) is 0 Å². The fraction of sp³-hybridized carbons (Fsp3) is 0.846. The quantitative estimate of drug-likeness (QED) is 0.697. The van der Waals surface area contributed by atoms with Crippen LogP contribution in [-0.4, -0.2) is 51.8 Å². The van der Waals surface area contributed by atoms with Crippen LogP contribution in [0.1, 0.15) is 40.0 Å². The van der Waals surface area contributed by atoms with Crippen molar-refractivity contribution in [2.24, 2.45) is 5.92 Å². The Morgan fingerprint density at radius 2 is 2.00 bits per heavy atom. The van der Waals surface area contributed by atoms with E-state index in [0.29, 0.717) is 25.9 Å². The van der Waals surface area contributed by atoms with E-state index < -0.39 is 17.6 Å². The summed E-state index contributed by atoms with van der Waals surface area (Å²) in [6.45, 7) is 6.25. The van der Waals surface area contributed by atoms with E-state index in [1.54, 1.807) is 25.7 Å². The number of likely N-dealkylation sites (tertiary alicyclic amines) is 1. The van der Waals surface area contributed by atoms with E-state index in [0.717, 1.165) is 6.42 Å². The number of nitrogens with one attached hydrogen (secondary N) is 1. The minimum absolute atomic E-state index is 0.0771. The zero-order valence-corrected chi connectivity index (χ0v) is 11.8. The predicted octanol–water partition coefficient (Wildman–Crippen LogP) is 1.04. The van der Waals surface area contributed by atoms with Gasteiger partial charge in [0.05, 0.1) is 6.10 Å². The highest BCUT2D eigenvalue weighted by Crippen LogP contribution is 2.21. The molecule has 2 atom stereocenters. The lowest BCUT2D eigenvalue weighted by molar-refractivity contribution is -0.144. The van der Waals surface area contributed by atoms with Gasteiger partial charge in [0.25, 0.3) is 0 Å². The van der Waals surface area contributed by atoms with Crippen molar-refractivity contribution < 1.29 is 19.8 Å². The zero-order chi connectivity index (χ0) is 14.6. The lowest BCUT2D eigenvalue weighted by Crippen LogP contribution is -2.57. The third-order valence-corrected chi connectivity index (χ3v) is 4.16. The maximum absolute atomic E-state index is 12.1. The molecule has 0 aromatic rings. The topological polar surface area (TPSA) is 89.9 Å². The van der Waals surface area contributed by atoms with Crippen LogP contribution in [0.4, 0.5) is 4.79 Å². The molecular weight excluding hydrogens is 248 g/mol. The highest BCUT2D eigenvalue weighted by Gasteiger charge is 2.39. The molecule has 1 fully saturated rings. The number of hydrogen-bond donors (Lipinski definition) is 3. The number of aliphatic carboxylic acids is 1. The average Bonchev–Trinajstić information content (AvgIpc) is 2.85. The highest BCUT2D eigenvalue weighted by atomic mass is 16.4. The van der Waals surface area contributed by atoms with Gasteiger partial charge in [0, 0.05) is 19.0 Å². The van der Waals surface area contributed by atoms with Gasteiger partial charge < -0.3 is 20.4 Å². The smallest absolute Gasteiger partial charge is 0.329 e. The number of hydrogen-bond acceptors (Lipinski definition) is 3. The van der Waals surface area contributed by atoms with E-state index in [2.05, 4.69) is 5.32 Å². The van der Waals surface area contributed by atoms with Gasteiger partial charge in [-0.25, -0.2) is 9.59 Å². The molecule has 0 spiro atoms. The van der Waals surface area contributed by atoms with Crippen molar-refractivity contribution in [1.29, 1.82) is 0 Å². The number of amides is 2. The lowest BCUT2D eigenvalue weighted by atomic mass is 9.93. The molecular formula is C13H24N2O4. The number of carboxylic acid groups (broad SMARTS) is 1. The van der Waals surface area contributed by atoms with Crippen molar-refractivity contribution in [1.82, 2.24) is 10.2 Å². The highest BCUT2D eigenvalue weighted by molar-refractivity contribution is 5.86. The monoisotopic (exact) mass is 272 g/mol. The van der Waals surface area contributed by atoms with Crippen molar-refractivity contribution in [3.8, 4) is 0 Å². The standard InChI is InChI=1S/C13H24N2O4/c1-4-13(5-2,11(17)18)14-12(19)15-7-6-10(8-15)9(3)16/h9-10,16H,4-8H2,1-3H3,(H,14,19)(H,17,18). The normalized spacial score (nSPS) is 21.3. The minimum Gasteiger partial charge on any atom is -0.480 e. The van der Waals surface area contributed by atoms with Crippen LogP contribution in [0.3, 0.4) is 0 Å². The molecule has 1 rings (SSSR count). The van der Waals surface area contributed by atoms with Gasteiger partial charge in [0.1, 0.15) is 5.54 Å². The molecule has 2 unspecified atom stereocenters. The lowest BCUT2D eigenvalue weighted by Gasteiger charge is -2.30. The molecule has 0 radical (unpaired) electrons. The summed E-state index contributed by atoms with van der Waals surface area (Å²) in [7, 11) is 0. The Balaban J connectivity index is 2.67. The van der Waals surface area contributed by atoms with Gasteiger partial charge in [-0.2, -0.15) is 0 Å². The Morgan fingerprint density at radius 3 is 2.37 bits per heavy atom. The van der Waals surface area contributed by atoms with Gasteiger partial charge >= 0.3 is 12.0 Å². The van der Waals surface area contributed by atoms with E-state index in [4.69, 9.17) is 0 Å². The number of rotatable bonds is 5. The third-order valence-electron chi connectivity index (χ3n) is 4.16.